The van der Waals surface area contributed by atoms with Gasteiger partial charge in [-0.25, -0.2) is 4.98 Å². The van der Waals surface area contributed by atoms with Crippen molar-refractivity contribution >= 4 is 29.2 Å². The van der Waals surface area contributed by atoms with Crippen LogP contribution in [0.2, 0.25) is 0 Å². The smallest absolute Gasteiger partial charge is 0.316 e. The van der Waals surface area contributed by atoms with E-state index in [0.29, 0.717) is 11.3 Å². The van der Waals surface area contributed by atoms with Crippen molar-refractivity contribution in [3.63, 3.8) is 0 Å². The van der Waals surface area contributed by atoms with Gasteiger partial charge in [0.2, 0.25) is 0 Å². The Morgan fingerprint density at radius 3 is 2.36 bits per heavy atom. The van der Waals surface area contributed by atoms with Gasteiger partial charge in [0.25, 0.3) is 5.91 Å². The Kier molecular flexibility index (Phi) is 4.47. The van der Waals surface area contributed by atoms with Crippen molar-refractivity contribution < 1.29 is 14.4 Å². The minimum Gasteiger partial charge on any atom is -0.399 e. The summed E-state index contributed by atoms with van der Waals surface area (Å²) in [4.78, 5) is 39.2. The second-order valence-electron chi connectivity index (χ2n) is 4.53. The third-order valence-electron chi connectivity index (χ3n) is 2.85. The van der Waals surface area contributed by atoms with Gasteiger partial charge in [-0.3, -0.25) is 19.7 Å². The van der Waals surface area contributed by atoms with E-state index >= 15 is 0 Å². The van der Waals surface area contributed by atoms with Crippen LogP contribution in [0.1, 0.15) is 15.9 Å². The van der Waals surface area contributed by atoms with Crippen LogP contribution in [-0.2, 0) is 9.59 Å². The first-order valence-electron chi connectivity index (χ1n) is 6.41. The van der Waals surface area contributed by atoms with Crippen molar-refractivity contribution in [2.75, 3.05) is 11.1 Å². The lowest BCUT2D eigenvalue weighted by atomic mass is 10.2. The van der Waals surface area contributed by atoms with E-state index in [1.54, 1.807) is 19.1 Å². The first-order chi connectivity index (χ1) is 10.5. The number of nitrogens with two attached hydrogens (primary N) is 1. The minimum absolute atomic E-state index is 0.226. The van der Waals surface area contributed by atoms with Gasteiger partial charge in [-0.1, -0.05) is 6.07 Å². The van der Waals surface area contributed by atoms with Crippen LogP contribution in [0.5, 0.6) is 0 Å². The summed E-state index contributed by atoms with van der Waals surface area (Å²) in [5.74, 6) is -2.45. The Balaban J connectivity index is 1.99. The third-order valence-corrected chi connectivity index (χ3v) is 2.85. The van der Waals surface area contributed by atoms with Crippen LogP contribution >= 0.6 is 0 Å². The van der Waals surface area contributed by atoms with Gasteiger partial charge < -0.3 is 11.1 Å². The highest BCUT2D eigenvalue weighted by Gasteiger charge is 2.18. The number of benzene rings is 1. The number of nitrogens with one attached hydrogen (secondary N) is 2. The Labute approximate surface area is 126 Å². The van der Waals surface area contributed by atoms with E-state index in [-0.39, 0.29) is 11.4 Å². The molecule has 0 fully saturated rings. The van der Waals surface area contributed by atoms with Crippen molar-refractivity contribution in [2.45, 2.75) is 6.92 Å². The van der Waals surface area contributed by atoms with E-state index in [1.165, 1.54) is 30.5 Å². The second kappa shape index (κ2) is 6.49. The number of carbonyl (C=O) groups is 3. The average molecular weight is 298 g/mol. The van der Waals surface area contributed by atoms with Crippen LogP contribution in [-0.4, -0.2) is 22.7 Å². The molecule has 0 aliphatic rings. The molecular weight excluding hydrogens is 284 g/mol. The molecule has 2 rings (SSSR count). The van der Waals surface area contributed by atoms with Gasteiger partial charge in [0.15, 0.2) is 0 Å². The molecule has 7 nitrogen and oxygen atoms in total. The summed E-state index contributed by atoms with van der Waals surface area (Å²) in [5.41, 5.74) is 6.93. The quantitative estimate of drug-likeness (QED) is 0.562. The molecule has 4 N–H and O–H groups in total. The molecule has 0 saturated heterocycles. The number of aryl methyl sites for hydroxylation is 1. The SMILES string of the molecule is Cc1cccnc1NC(=O)C(=O)NC(=O)c1ccc(N)cc1. The number of aromatic nitrogens is 1. The van der Waals surface area contributed by atoms with Gasteiger partial charge in [-0.15, -0.1) is 0 Å². The molecule has 0 radical (unpaired) electrons. The number of anilines is 2. The Morgan fingerprint density at radius 1 is 1.05 bits per heavy atom. The first kappa shape index (κ1) is 15.2. The maximum Gasteiger partial charge on any atom is 0.316 e. The fourth-order valence-corrected chi connectivity index (χ4v) is 1.65. The van der Waals surface area contributed by atoms with Crippen molar-refractivity contribution in [1.82, 2.24) is 10.3 Å². The zero-order chi connectivity index (χ0) is 16.1. The molecule has 1 aromatic carbocycles. The number of nitrogen functional groups attached to an aromatic ring is 1. The number of nitrogens with zero attached hydrogens (tertiary/aromatic N) is 1. The molecule has 2 aromatic rings. The molecule has 0 atom stereocenters. The van der Waals surface area contributed by atoms with Gasteiger partial charge in [0.1, 0.15) is 5.82 Å². The van der Waals surface area contributed by atoms with E-state index < -0.39 is 17.7 Å². The Hall–Kier alpha value is -3.22. The van der Waals surface area contributed by atoms with Crippen molar-refractivity contribution in [2.24, 2.45) is 0 Å². The predicted molar refractivity (Wildman–Crippen MR) is 80.9 cm³/mol. The van der Waals surface area contributed by atoms with Gasteiger partial charge in [-0.2, -0.15) is 0 Å². The predicted octanol–water partition coefficient (Wildman–Crippen LogP) is 0.867. The molecular formula is C15H14N4O3. The van der Waals surface area contributed by atoms with Crippen LogP contribution < -0.4 is 16.4 Å². The van der Waals surface area contributed by atoms with Gasteiger partial charge in [0, 0.05) is 17.4 Å². The lowest BCUT2D eigenvalue weighted by molar-refractivity contribution is -0.135. The summed E-state index contributed by atoms with van der Waals surface area (Å²) >= 11 is 0. The highest BCUT2D eigenvalue weighted by atomic mass is 16.2. The number of pyridine rings is 1. The number of amides is 3. The van der Waals surface area contributed by atoms with Gasteiger partial charge in [-0.05, 0) is 42.8 Å². The van der Waals surface area contributed by atoms with E-state index in [9.17, 15) is 14.4 Å². The molecule has 0 aliphatic carbocycles. The lowest BCUT2D eigenvalue weighted by Crippen LogP contribution is -2.39. The highest BCUT2D eigenvalue weighted by molar-refractivity contribution is 6.42. The maximum absolute atomic E-state index is 11.8. The topological polar surface area (TPSA) is 114 Å². The van der Waals surface area contributed by atoms with Crippen molar-refractivity contribution in [1.29, 1.82) is 0 Å². The Bertz CT molecular complexity index is 726. The summed E-state index contributed by atoms with van der Waals surface area (Å²) in [6.45, 7) is 1.74. The van der Waals surface area contributed by atoms with E-state index in [1.807, 2.05) is 5.32 Å². The minimum atomic E-state index is -1.06. The molecule has 22 heavy (non-hydrogen) atoms. The summed E-state index contributed by atoms with van der Waals surface area (Å²) in [6.07, 6.45) is 1.49. The lowest BCUT2D eigenvalue weighted by Gasteiger charge is -2.07. The molecule has 112 valence electrons. The van der Waals surface area contributed by atoms with E-state index in [0.717, 1.165) is 0 Å². The van der Waals surface area contributed by atoms with E-state index in [2.05, 4.69) is 10.3 Å². The van der Waals surface area contributed by atoms with Crippen molar-refractivity contribution in [3.05, 3.63) is 53.7 Å². The van der Waals surface area contributed by atoms with Crippen LogP contribution in [0.3, 0.4) is 0 Å². The molecule has 1 heterocycles. The maximum atomic E-state index is 11.8. The highest BCUT2D eigenvalue weighted by Crippen LogP contribution is 2.09. The second-order valence-corrected chi connectivity index (χ2v) is 4.53. The fraction of sp³-hybridized carbons (Fsp3) is 0.0667. The molecule has 1 aromatic heterocycles. The number of hydrogen-bond acceptors (Lipinski definition) is 5. The molecule has 0 saturated carbocycles. The monoisotopic (exact) mass is 298 g/mol. The largest absolute Gasteiger partial charge is 0.399 e. The molecule has 0 unspecified atom stereocenters. The average Bonchev–Trinajstić information content (AvgIpc) is 2.50. The number of hydrogen-bond donors (Lipinski definition) is 3. The molecule has 0 aliphatic heterocycles. The summed E-state index contributed by atoms with van der Waals surface area (Å²) in [7, 11) is 0. The van der Waals surface area contributed by atoms with E-state index in [4.69, 9.17) is 5.73 Å². The molecule has 3 amide bonds. The molecule has 0 bridgehead atoms. The van der Waals surface area contributed by atoms with Crippen LogP contribution in [0.4, 0.5) is 11.5 Å². The number of rotatable bonds is 2. The standard InChI is InChI=1S/C15H14N4O3/c1-9-3-2-8-17-12(9)18-14(21)15(22)19-13(20)10-4-6-11(16)7-5-10/h2-8H,16H2,1H3,(H,17,18,21)(H,19,20,22). The van der Waals surface area contributed by atoms with Crippen LogP contribution in [0.15, 0.2) is 42.6 Å². The number of carbonyl (C=O) groups excluding carboxylic acids is 3. The summed E-state index contributed by atoms with van der Waals surface area (Å²) in [5, 5.41) is 4.34. The van der Waals surface area contributed by atoms with Gasteiger partial charge in [0.05, 0.1) is 0 Å². The van der Waals surface area contributed by atoms with Crippen LogP contribution in [0.25, 0.3) is 0 Å². The van der Waals surface area contributed by atoms with Crippen LogP contribution in [0, 0.1) is 6.92 Å². The third kappa shape index (κ3) is 3.66. The van der Waals surface area contributed by atoms with Crippen molar-refractivity contribution in [3.8, 4) is 0 Å². The zero-order valence-corrected chi connectivity index (χ0v) is 11.8. The Morgan fingerprint density at radius 2 is 1.73 bits per heavy atom. The number of imide groups is 1. The first-order valence-corrected chi connectivity index (χ1v) is 6.41. The fourth-order valence-electron chi connectivity index (χ4n) is 1.65. The normalized spacial score (nSPS) is 9.86. The molecule has 0 spiro atoms. The summed E-state index contributed by atoms with van der Waals surface area (Å²) < 4.78 is 0. The zero-order valence-electron chi connectivity index (χ0n) is 11.8. The molecule has 7 heteroatoms. The summed E-state index contributed by atoms with van der Waals surface area (Å²) in [6, 6.07) is 9.40. The van der Waals surface area contributed by atoms with Gasteiger partial charge >= 0.3 is 11.8 Å².